The third-order valence-electron chi connectivity index (χ3n) is 10.2. The largest absolute Gasteiger partial charge is 0.463 e. The van der Waals surface area contributed by atoms with Gasteiger partial charge in [0.15, 0.2) is 0 Å². The maximum Gasteiger partial charge on any atom is 0.146 e. The molecule has 11 rings (SSSR count). The van der Waals surface area contributed by atoms with Crippen molar-refractivity contribution in [3.8, 4) is 33.4 Å². The van der Waals surface area contributed by atoms with E-state index in [0.717, 1.165) is 71.5 Å². The average molecular weight is 627 g/mol. The Balaban J connectivity index is 1.17. The summed E-state index contributed by atoms with van der Waals surface area (Å²) in [4.78, 5) is 0. The van der Waals surface area contributed by atoms with E-state index in [1.807, 2.05) is 24.5 Å². The van der Waals surface area contributed by atoms with Crippen LogP contribution in [0.1, 0.15) is 0 Å². The lowest BCUT2D eigenvalue weighted by atomic mass is 9.85. The van der Waals surface area contributed by atoms with E-state index in [2.05, 4.69) is 133 Å². The lowest BCUT2D eigenvalue weighted by Gasteiger charge is -2.18. The van der Waals surface area contributed by atoms with Crippen LogP contribution in [0.2, 0.25) is 0 Å². The minimum Gasteiger partial charge on any atom is -0.463 e. The summed E-state index contributed by atoms with van der Waals surface area (Å²) in [5.74, 6) is 0. The molecule has 3 aromatic heterocycles. The van der Waals surface area contributed by atoms with Crippen molar-refractivity contribution in [3.05, 3.63) is 158 Å². The van der Waals surface area contributed by atoms with Gasteiger partial charge in [-0.3, -0.25) is 0 Å². The Morgan fingerprint density at radius 3 is 1.69 bits per heavy atom. The molecular formula is C46H26O3. The molecular weight excluding hydrogens is 601 g/mol. The van der Waals surface area contributed by atoms with Crippen LogP contribution >= 0.6 is 0 Å². The SMILES string of the molecule is c1ccc(-c2coc3c2ccc2oc4cc(-c5c6ccccc6c(-c6cccc7oc8ccccc8c67)c6ccccc56)ccc4c23)cc1. The minimum atomic E-state index is 0.819. The van der Waals surface area contributed by atoms with Gasteiger partial charge < -0.3 is 13.3 Å². The Morgan fingerprint density at radius 2 is 0.918 bits per heavy atom. The molecule has 0 aliphatic heterocycles. The summed E-state index contributed by atoms with van der Waals surface area (Å²) in [6.07, 6.45) is 1.86. The second-order valence-corrected chi connectivity index (χ2v) is 12.8. The molecule has 49 heavy (non-hydrogen) atoms. The maximum atomic E-state index is 6.56. The van der Waals surface area contributed by atoms with E-state index in [4.69, 9.17) is 13.3 Å². The molecule has 3 heteroatoms. The number of rotatable bonds is 3. The van der Waals surface area contributed by atoms with Gasteiger partial charge in [-0.1, -0.05) is 115 Å². The van der Waals surface area contributed by atoms with Gasteiger partial charge in [-0.25, -0.2) is 0 Å². The zero-order valence-corrected chi connectivity index (χ0v) is 26.2. The number of hydrogen-bond acceptors (Lipinski definition) is 3. The van der Waals surface area contributed by atoms with E-state index in [1.165, 1.54) is 38.2 Å². The van der Waals surface area contributed by atoms with Crippen LogP contribution in [-0.2, 0) is 0 Å². The van der Waals surface area contributed by atoms with Gasteiger partial charge in [-0.2, -0.15) is 0 Å². The highest BCUT2D eigenvalue weighted by atomic mass is 16.3. The van der Waals surface area contributed by atoms with Crippen LogP contribution in [0.15, 0.2) is 171 Å². The van der Waals surface area contributed by atoms with Gasteiger partial charge in [-0.05, 0) is 85.8 Å². The molecule has 0 N–H and O–H groups in total. The smallest absolute Gasteiger partial charge is 0.146 e. The third-order valence-corrected chi connectivity index (χ3v) is 10.2. The summed E-state index contributed by atoms with van der Waals surface area (Å²) < 4.78 is 19.1. The third kappa shape index (κ3) is 3.73. The Hall–Kier alpha value is -6.58. The Morgan fingerprint density at radius 1 is 0.327 bits per heavy atom. The molecule has 3 nitrogen and oxygen atoms in total. The molecule has 0 unspecified atom stereocenters. The van der Waals surface area contributed by atoms with E-state index in [0.29, 0.717) is 0 Å². The molecule has 0 radical (unpaired) electrons. The first-order valence-corrected chi connectivity index (χ1v) is 16.6. The molecule has 0 saturated carbocycles. The van der Waals surface area contributed by atoms with Crippen LogP contribution in [0.25, 0.3) is 110 Å². The Kier molecular flexibility index (Phi) is 5.38. The molecule has 228 valence electrons. The topological polar surface area (TPSA) is 39.4 Å². The van der Waals surface area contributed by atoms with Crippen molar-refractivity contribution in [2.45, 2.75) is 0 Å². The van der Waals surface area contributed by atoms with E-state index < -0.39 is 0 Å². The molecule has 0 atom stereocenters. The number of fused-ring (bicyclic) bond motifs is 10. The normalized spacial score (nSPS) is 12.1. The Labute approximate surface area is 280 Å². The van der Waals surface area contributed by atoms with E-state index in [-0.39, 0.29) is 0 Å². The lowest BCUT2D eigenvalue weighted by Crippen LogP contribution is -1.91. The highest BCUT2D eigenvalue weighted by molar-refractivity contribution is 6.26. The van der Waals surface area contributed by atoms with Crippen molar-refractivity contribution >= 4 is 76.4 Å². The fourth-order valence-corrected chi connectivity index (χ4v) is 8.06. The average Bonchev–Trinajstić information content (AvgIpc) is 3.87. The first kappa shape index (κ1) is 26.5. The second kappa shape index (κ2) is 9.96. The van der Waals surface area contributed by atoms with Crippen molar-refractivity contribution in [1.29, 1.82) is 0 Å². The van der Waals surface area contributed by atoms with Gasteiger partial charge in [-0.15, -0.1) is 0 Å². The minimum absolute atomic E-state index is 0.819. The van der Waals surface area contributed by atoms with E-state index >= 15 is 0 Å². The molecule has 0 saturated heterocycles. The van der Waals surface area contributed by atoms with Gasteiger partial charge in [0, 0.05) is 27.1 Å². The standard InChI is InChI=1S/C46H26O3/c1-2-11-27(12-3-1)37-26-47-46-33(37)23-24-40-45(46)35-22-21-28(25-41(35)49-40)42-29-13-4-6-15-31(29)43(32-16-7-5-14-30(32)42)36-18-10-20-39-44(36)34-17-8-9-19-38(34)48-39/h1-26H. The van der Waals surface area contributed by atoms with E-state index in [9.17, 15) is 0 Å². The van der Waals surface area contributed by atoms with Crippen LogP contribution in [0, 0.1) is 0 Å². The number of para-hydroxylation sites is 1. The van der Waals surface area contributed by atoms with Crippen LogP contribution in [0.5, 0.6) is 0 Å². The maximum absolute atomic E-state index is 6.56. The van der Waals surface area contributed by atoms with Crippen molar-refractivity contribution < 1.29 is 13.3 Å². The molecule has 0 spiro atoms. The van der Waals surface area contributed by atoms with Crippen LogP contribution in [0.4, 0.5) is 0 Å². The van der Waals surface area contributed by atoms with Gasteiger partial charge in [0.2, 0.25) is 0 Å². The number of benzene rings is 8. The van der Waals surface area contributed by atoms with Gasteiger partial charge in [0.25, 0.3) is 0 Å². The fourth-order valence-electron chi connectivity index (χ4n) is 8.06. The molecule has 0 aliphatic carbocycles. The first-order chi connectivity index (χ1) is 24.3. The lowest BCUT2D eigenvalue weighted by molar-refractivity contribution is 0.619. The van der Waals surface area contributed by atoms with Crippen LogP contribution in [0.3, 0.4) is 0 Å². The predicted octanol–water partition coefficient (Wildman–Crippen LogP) is 13.5. The molecule has 11 aromatic rings. The molecule has 0 amide bonds. The molecule has 0 aliphatic rings. The molecule has 0 bridgehead atoms. The quantitative estimate of drug-likeness (QED) is 0.183. The van der Waals surface area contributed by atoms with Crippen molar-refractivity contribution in [3.63, 3.8) is 0 Å². The zero-order valence-electron chi connectivity index (χ0n) is 26.2. The fraction of sp³-hybridized carbons (Fsp3) is 0. The summed E-state index contributed by atoms with van der Waals surface area (Å²) in [6, 6.07) is 53.4. The predicted molar refractivity (Wildman–Crippen MR) is 202 cm³/mol. The number of hydrogen-bond donors (Lipinski definition) is 0. The summed E-state index contributed by atoms with van der Waals surface area (Å²) >= 11 is 0. The first-order valence-electron chi connectivity index (χ1n) is 16.6. The second-order valence-electron chi connectivity index (χ2n) is 12.8. The van der Waals surface area contributed by atoms with Crippen molar-refractivity contribution in [1.82, 2.24) is 0 Å². The summed E-state index contributed by atoms with van der Waals surface area (Å²) in [5.41, 5.74) is 11.2. The molecule has 8 aromatic carbocycles. The summed E-state index contributed by atoms with van der Waals surface area (Å²) in [6.45, 7) is 0. The van der Waals surface area contributed by atoms with Crippen LogP contribution < -0.4 is 0 Å². The number of furan rings is 3. The molecule has 3 heterocycles. The van der Waals surface area contributed by atoms with Crippen molar-refractivity contribution in [2.75, 3.05) is 0 Å². The zero-order chi connectivity index (χ0) is 32.1. The highest BCUT2D eigenvalue weighted by Crippen LogP contribution is 2.48. The summed E-state index contributed by atoms with van der Waals surface area (Å²) in [5, 5.41) is 10.2. The summed E-state index contributed by atoms with van der Waals surface area (Å²) in [7, 11) is 0. The highest BCUT2D eigenvalue weighted by Gasteiger charge is 2.22. The van der Waals surface area contributed by atoms with Crippen LogP contribution in [-0.4, -0.2) is 0 Å². The monoisotopic (exact) mass is 626 g/mol. The van der Waals surface area contributed by atoms with Gasteiger partial charge in [0.1, 0.15) is 27.9 Å². The van der Waals surface area contributed by atoms with Gasteiger partial charge >= 0.3 is 0 Å². The Bertz CT molecular complexity index is 3040. The van der Waals surface area contributed by atoms with Crippen molar-refractivity contribution in [2.24, 2.45) is 0 Å². The van der Waals surface area contributed by atoms with E-state index in [1.54, 1.807) is 0 Å². The molecule has 0 fully saturated rings. The van der Waals surface area contributed by atoms with Gasteiger partial charge in [0.05, 0.1) is 11.6 Å².